The first-order valence-corrected chi connectivity index (χ1v) is 8.89. The molecule has 0 unspecified atom stereocenters. The number of hydrogen-bond donors (Lipinski definition) is 0. The van der Waals surface area contributed by atoms with E-state index < -0.39 is 0 Å². The number of benzene rings is 1. The summed E-state index contributed by atoms with van der Waals surface area (Å²) >= 11 is 11.6. The Hall–Kier alpha value is -0.130. The van der Waals surface area contributed by atoms with Crippen LogP contribution in [0.4, 0.5) is 0 Å². The van der Waals surface area contributed by atoms with Crippen LogP contribution in [0.25, 0.3) is 10.1 Å². The van der Waals surface area contributed by atoms with Gasteiger partial charge in [-0.25, -0.2) is 0 Å². The lowest BCUT2D eigenvalue weighted by atomic mass is 10.1. The predicted molar refractivity (Wildman–Crippen MR) is 90.1 cm³/mol. The van der Waals surface area contributed by atoms with Gasteiger partial charge in [-0.1, -0.05) is 11.6 Å². The van der Waals surface area contributed by atoms with Crippen molar-refractivity contribution in [3.8, 4) is 0 Å². The number of hydrogen-bond acceptors (Lipinski definition) is 3. The van der Waals surface area contributed by atoms with Crippen LogP contribution in [0.3, 0.4) is 0 Å². The first kappa shape index (κ1) is 14.8. The molecule has 0 saturated carbocycles. The molecule has 1 aromatic heterocycles. The summed E-state index contributed by atoms with van der Waals surface area (Å²) in [5, 5.41) is 2.12. The van der Waals surface area contributed by atoms with E-state index in [1.165, 1.54) is 25.9 Å². The van der Waals surface area contributed by atoms with Gasteiger partial charge in [-0.3, -0.25) is 4.90 Å². The molecule has 108 valence electrons. The van der Waals surface area contributed by atoms with E-state index in [-0.39, 0.29) is 0 Å². The number of ether oxygens (including phenoxy) is 1. The highest BCUT2D eigenvalue weighted by atomic mass is 79.9. The Morgan fingerprint density at radius 1 is 1.30 bits per heavy atom. The number of aryl methyl sites for hydroxylation is 1. The van der Waals surface area contributed by atoms with Crippen LogP contribution in [0, 0.1) is 0 Å². The van der Waals surface area contributed by atoms with Gasteiger partial charge in [0.25, 0.3) is 0 Å². The molecule has 1 aliphatic heterocycles. The average molecular weight is 375 g/mol. The number of halogens is 2. The van der Waals surface area contributed by atoms with E-state index in [1.807, 2.05) is 6.07 Å². The summed E-state index contributed by atoms with van der Waals surface area (Å²) in [6, 6.07) is 6.16. The average Bonchev–Trinajstić information content (AvgIpc) is 2.76. The Labute approximate surface area is 136 Å². The monoisotopic (exact) mass is 373 g/mol. The topological polar surface area (TPSA) is 12.5 Å². The van der Waals surface area contributed by atoms with Crippen molar-refractivity contribution < 1.29 is 4.74 Å². The highest BCUT2D eigenvalue weighted by Gasteiger charge is 2.13. The standard InChI is InChI=1S/C15H17BrClNOS/c16-15-12(2-1-5-18-6-8-19-9-7-18)13-10-11(17)3-4-14(13)20-15/h3-4,10H,1-2,5-9H2. The molecule has 0 atom stereocenters. The second kappa shape index (κ2) is 6.75. The molecule has 0 N–H and O–H groups in total. The van der Waals surface area contributed by atoms with Gasteiger partial charge in [0.15, 0.2) is 0 Å². The molecule has 0 amide bonds. The molecule has 1 aliphatic rings. The van der Waals surface area contributed by atoms with Crippen molar-refractivity contribution in [2.45, 2.75) is 12.8 Å². The third-order valence-electron chi connectivity index (χ3n) is 3.71. The zero-order valence-corrected chi connectivity index (χ0v) is 14.4. The van der Waals surface area contributed by atoms with Crippen LogP contribution in [-0.4, -0.2) is 37.7 Å². The van der Waals surface area contributed by atoms with Gasteiger partial charge in [-0.2, -0.15) is 0 Å². The third kappa shape index (κ3) is 3.37. The molecule has 2 heterocycles. The van der Waals surface area contributed by atoms with E-state index in [4.69, 9.17) is 16.3 Å². The van der Waals surface area contributed by atoms with Crippen molar-refractivity contribution in [2.24, 2.45) is 0 Å². The van der Waals surface area contributed by atoms with Crippen LogP contribution in [0.1, 0.15) is 12.0 Å². The normalized spacial score (nSPS) is 16.9. The zero-order valence-electron chi connectivity index (χ0n) is 11.2. The van der Waals surface area contributed by atoms with Crippen molar-refractivity contribution in [1.29, 1.82) is 0 Å². The fraction of sp³-hybridized carbons (Fsp3) is 0.467. The van der Waals surface area contributed by atoms with E-state index in [0.29, 0.717) is 0 Å². The van der Waals surface area contributed by atoms with E-state index in [2.05, 4.69) is 33.0 Å². The molecule has 0 spiro atoms. The van der Waals surface area contributed by atoms with Gasteiger partial charge < -0.3 is 4.74 Å². The molecule has 2 aromatic rings. The molecular weight excluding hydrogens is 358 g/mol. The van der Waals surface area contributed by atoms with Crippen molar-refractivity contribution in [2.75, 3.05) is 32.8 Å². The van der Waals surface area contributed by atoms with Crippen molar-refractivity contribution in [3.05, 3.63) is 32.6 Å². The minimum Gasteiger partial charge on any atom is -0.379 e. The fourth-order valence-electron chi connectivity index (χ4n) is 2.63. The zero-order chi connectivity index (χ0) is 13.9. The Morgan fingerprint density at radius 2 is 2.10 bits per heavy atom. The van der Waals surface area contributed by atoms with Crippen LogP contribution in [-0.2, 0) is 11.2 Å². The number of rotatable bonds is 4. The summed E-state index contributed by atoms with van der Waals surface area (Å²) in [6.45, 7) is 5.03. The van der Waals surface area contributed by atoms with Gasteiger partial charge in [0.2, 0.25) is 0 Å². The van der Waals surface area contributed by atoms with Crippen LogP contribution in [0.5, 0.6) is 0 Å². The van der Waals surface area contributed by atoms with Crippen molar-refractivity contribution in [1.82, 2.24) is 4.90 Å². The van der Waals surface area contributed by atoms with Crippen molar-refractivity contribution in [3.63, 3.8) is 0 Å². The number of fused-ring (bicyclic) bond motifs is 1. The third-order valence-corrected chi connectivity index (χ3v) is 5.91. The Bertz CT molecular complexity index is 595. The molecule has 2 nitrogen and oxygen atoms in total. The lowest BCUT2D eigenvalue weighted by Crippen LogP contribution is -2.36. The minimum absolute atomic E-state index is 0.817. The smallest absolute Gasteiger partial charge is 0.0743 e. The Morgan fingerprint density at radius 3 is 2.90 bits per heavy atom. The van der Waals surface area contributed by atoms with E-state index in [1.54, 1.807) is 11.3 Å². The molecule has 0 radical (unpaired) electrons. The van der Waals surface area contributed by atoms with Gasteiger partial charge in [0.1, 0.15) is 0 Å². The van der Waals surface area contributed by atoms with Gasteiger partial charge in [-0.15, -0.1) is 11.3 Å². The predicted octanol–water partition coefficient (Wildman–Crippen LogP) is 4.58. The van der Waals surface area contributed by atoms with Gasteiger partial charge in [0, 0.05) is 22.8 Å². The molecule has 0 aliphatic carbocycles. The maximum Gasteiger partial charge on any atom is 0.0743 e. The highest BCUT2D eigenvalue weighted by Crippen LogP contribution is 2.37. The van der Waals surface area contributed by atoms with Gasteiger partial charge in [-0.05, 0) is 64.5 Å². The minimum atomic E-state index is 0.817. The Balaban J connectivity index is 1.67. The summed E-state index contributed by atoms with van der Waals surface area (Å²) in [5.74, 6) is 0. The van der Waals surface area contributed by atoms with Crippen molar-refractivity contribution >= 4 is 49.0 Å². The summed E-state index contributed by atoms with van der Waals surface area (Å²) in [6.07, 6.45) is 2.27. The first-order valence-electron chi connectivity index (χ1n) is 6.90. The van der Waals surface area contributed by atoms with Crippen LogP contribution >= 0.6 is 38.9 Å². The summed E-state index contributed by atoms with van der Waals surface area (Å²) < 4.78 is 7.93. The maximum atomic E-state index is 6.12. The molecule has 1 saturated heterocycles. The van der Waals surface area contributed by atoms with E-state index in [0.717, 1.165) is 44.3 Å². The number of thiophene rings is 1. The summed E-state index contributed by atoms with van der Waals surface area (Å²) in [5.41, 5.74) is 1.40. The number of nitrogens with zero attached hydrogens (tertiary/aromatic N) is 1. The molecule has 20 heavy (non-hydrogen) atoms. The molecule has 1 fully saturated rings. The van der Waals surface area contributed by atoms with E-state index in [9.17, 15) is 0 Å². The second-order valence-corrected chi connectivity index (χ2v) is 7.86. The second-order valence-electron chi connectivity index (χ2n) is 5.05. The van der Waals surface area contributed by atoms with Gasteiger partial charge in [0.05, 0.1) is 17.0 Å². The number of morpholine rings is 1. The summed E-state index contributed by atoms with van der Waals surface area (Å²) in [7, 11) is 0. The first-order chi connectivity index (χ1) is 9.74. The lowest BCUT2D eigenvalue weighted by molar-refractivity contribution is 0.0375. The molecule has 5 heteroatoms. The SMILES string of the molecule is Clc1ccc2sc(Br)c(CCCN3CCOCC3)c2c1. The Kier molecular flexibility index (Phi) is 5.00. The molecule has 1 aromatic carbocycles. The largest absolute Gasteiger partial charge is 0.379 e. The quantitative estimate of drug-likeness (QED) is 0.776. The molecule has 3 rings (SSSR count). The fourth-order valence-corrected chi connectivity index (χ4v) is 4.69. The molecule has 0 bridgehead atoms. The lowest BCUT2D eigenvalue weighted by Gasteiger charge is -2.26. The maximum absolute atomic E-state index is 6.12. The highest BCUT2D eigenvalue weighted by molar-refractivity contribution is 9.11. The van der Waals surface area contributed by atoms with E-state index >= 15 is 0 Å². The van der Waals surface area contributed by atoms with Crippen LogP contribution in [0.15, 0.2) is 22.0 Å². The molecular formula is C15H17BrClNOS. The van der Waals surface area contributed by atoms with Crippen LogP contribution in [0.2, 0.25) is 5.02 Å². The van der Waals surface area contributed by atoms with Crippen LogP contribution < -0.4 is 0 Å². The summed E-state index contributed by atoms with van der Waals surface area (Å²) in [4.78, 5) is 2.49. The van der Waals surface area contributed by atoms with Gasteiger partial charge >= 0.3 is 0 Å².